The molecule has 0 aliphatic rings. The average molecular weight is 447 g/mol. The lowest BCUT2D eigenvalue weighted by Crippen LogP contribution is -2.07. The molecule has 2 aromatic carbocycles. The summed E-state index contributed by atoms with van der Waals surface area (Å²) in [4.78, 5) is 20.6. The Balaban J connectivity index is 1.47. The molecule has 32 heavy (non-hydrogen) atoms. The quantitative estimate of drug-likeness (QED) is 0.346. The van der Waals surface area contributed by atoms with E-state index in [0.717, 1.165) is 32.4 Å². The Kier molecular flexibility index (Phi) is 6.62. The summed E-state index contributed by atoms with van der Waals surface area (Å²) in [6.45, 7) is 2.16. The van der Waals surface area contributed by atoms with Gasteiger partial charge in [-0.3, -0.25) is 9.78 Å². The number of pyridine rings is 1. The van der Waals surface area contributed by atoms with Crippen molar-refractivity contribution in [2.24, 2.45) is 0 Å². The first-order chi connectivity index (χ1) is 15.6. The summed E-state index contributed by atoms with van der Waals surface area (Å²) in [7, 11) is 1.61. The van der Waals surface area contributed by atoms with E-state index in [4.69, 9.17) is 9.47 Å². The van der Waals surface area contributed by atoms with Crippen molar-refractivity contribution in [1.29, 1.82) is 0 Å². The summed E-state index contributed by atoms with van der Waals surface area (Å²) in [5.74, 6) is 1.09. The minimum atomic E-state index is -0.160. The lowest BCUT2D eigenvalue weighted by Gasteiger charge is -2.12. The summed E-state index contributed by atoms with van der Waals surface area (Å²) in [6.07, 6.45) is 4.92. The van der Waals surface area contributed by atoms with E-state index in [0.29, 0.717) is 18.1 Å². The van der Waals surface area contributed by atoms with Crippen LogP contribution in [0.3, 0.4) is 0 Å². The molecule has 0 bridgehead atoms. The number of anilines is 3. The van der Waals surface area contributed by atoms with Crippen molar-refractivity contribution in [3.63, 3.8) is 0 Å². The predicted octanol–water partition coefficient (Wildman–Crippen LogP) is 5.54. The van der Waals surface area contributed by atoms with Gasteiger partial charge in [0.15, 0.2) is 16.6 Å². The zero-order valence-electron chi connectivity index (χ0n) is 17.7. The number of hydrogen-bond donors (Lipinski definition) is 2. The fraction of sp³-hybridized carbons (Fsp3) is 0.125. The minimum absolute atomic E-state index is 0.160. The molecule has 4 rings (SSSR count). The van der Waals surface area contributed by atoms with Crippen molar-refractivity contribution in [3.05, 3.63) is 78.6 Å². The molecule has 0 saturated carbocycles. The van der Waals surface area contributed by atoms with Crippen LogP contribution in [0.4, 0.5) is 16.5 Å². The zero-order valence-corrected chi connectivity index (χ0v) is 18.5. The number of rotatable bonds is 8. The molecular formula is C24H22N4O3S. The van der Waals surface area contributed by atoms with Crippen LogP contribution in [-0.4, -0.2) is 23.0 Å². The predicted molar refractivity (Wildman–Crippen MR) is 128 cm³/mol. The molecule has 7 nitrogen and oxygen atoms in total. The summed E-state index contributed by atoms with van der Waals surface area (Å²) >= 11 is 1.50. The third-order valence-corrected chi connectivity index (χ3v) is 5.42. The van der Waals surface area contributed by atoms with E-state index in [9.17, 15) is 4.79 Å². The van der Waals surface area contributed by atoms with Gasteiger partial charge >= 0.3 is 0 Å². The normalized spacial score (nSPS) is 10.9. The minimum Gasteiger partial charge on any atom is -0.493 e. The monoisotopic (exact) mass is 446 g/mol. The second-order valence-electron chi connectivity index (χ2n) is 6.79. The molecule has 2 N–H and O–H groups in total. The van der Waals surface area contributed by atoms with Crippen molar-refractivity contribution >= 4 is 44.0 Å². The molecule has 4 aromatic rings. The molecule has 162 valence electrons. The Bertz CT molecular complexity index is 1250. The fourth-order valence-corrected chi connectivity index (χ4v) is 3.94. The Labute approximate surface area is 189 Å². The molecule has 0 radical (unpaired) electrons. The van der Waals surface area contributed by atoms with E-state index in [1.165, 1.54) is 17.4 Å². The third-order valence-electron chi connectivity index (χ3n) is 4.49. The maximum absolute atomic E-state index is 11.8. The Hall–Kier alpha value is -3.91. The number of ether oxygens (including phenoxy) is 2. The second kappa shape index (κ2) is 9.93. The van der Waals surface area contributed by atoms with Crippen molar-refractivity contribution in [1.82, 2.24) is 9.97 Å². The van der Waals surface area contributed by atoms with Crippen LogP contribution in [0.1, 0.15) is 12.6 Å². The molecule has 2 heterocycles. The number of nitrogens with one attached hydrogen (secondary N) is 2. The highest BCUT2D eigenvalue weighted by atomic mass is 32.1. The number of fused-ring (bicyclic) bond motifs is 1. The van der Waals surface area contributed by atoms with Crippen LogP contribution in [-0.2, 0) is 11.4 Å². The number of nitrogens with zero attached hydrogens (tertiary/aromatic N) is 2. The smallest absolute Gasteiger partial charge is 0.248 e. The summed E-state index contributed by atoms with van der Waals surface area (Å²) < 4.78 is 12.3. The van der Waals surface area contributed by atoms with Crippen LogP contribution >= 0.6 is 11.3 Å². The van der Waals surface area contributed by atoms with E-state index >= 15 is 0 Å². The molecule has 0 saturated heterocycles. The molecule has 0 aliphatic heterocycles. The Morgan fingerprint density at radius 2 is 1.97 bits per heavy atom. The van der Waals surface area contributed by atoms with Gasteiger partial charge in [0, 0.05) is 23.6 Å². The molecule has 1 amide bonds. The first-order valence-corrected chi connectivity index (χ1v) is 10.8. The standard InChI is InChI=1S/C24H22N4O3S/c1-3-6-23(29)26-17-8-10-19-22(14-17)32-24(28-19)27-16-9-11-20(21(13-16)30-2)31-15-18-7-4-5-12-25-18/h3-14H,15H2,1-2H3,(H,26,29)(H,27,28). The summed E-state index contributed by atoms with van der Waals surface area (Å²) in [5, 5.41) is 6.88. The molecule has 0 unspecified atom stereocenters. The van der Waals surface area contributed by atoms with Gasteiger partial charge in [-0.1, -0.05) is 23.5 Å². The summed E-state index contributed by atoms with van der Waals surface area (Å²) in [6, 6.07) is 17.0. The van der Waals surface area contributed by atoms with Crippen LogP contribution in [0.15, 0.2) is 72.9 Å². The Morgan fingerprint density at radius 3 is 2.75 bits per heavy atom. The molecular weight excluding hydrogens is 424 g/mol. The zero-order chi connectivity index (χ0) is 22.3. The third kappa shape index (κ3) is 5.22. The molecule has 0 aliphatic carbocycles. The lowest BCUT2D eigenvalue weighted by atomic mass is 10.2. The van der Waals surface area contributed by atoms with Crippen molar-refractivity contribution < 1.29 is 14.3 Å². The molecule has 0 spiro atoms. The fourth-order valence-electron chi connectivity index (χ4n) is 3.01. The topological polar surface area (TPSA) is 85.4 Å². The molecule has 0 fully saturated rings. The van der Waals surface area contributed by atoms with E-state index < -0.39 is 0 Å². The first kappa shape index (κ1) is 21.3. The second-order valence-corrected chi connectivity index (χ2v) is 7.82. The van der Waals surface area contributed by atoms with Crippen molar-refractivity contribution in [2.45, 2.75) is 13.5 Å². The van der Waals surface area contributed by atoms with Crippen molar-refractivity contribution in [2.75, 3.05) is 17.7 Å². The highest BCUT2D eigenvalue weighted by Crippen LogP contribution is 2.34. The highest BCUT2D eigenvalue weighted by molar-refractivity contribution is 7.22. The van der Waals surface area contributed by atoms with Gasteiger partial charge in [-0.2, -0.15) is 0 Å². The maximum atomic E-state index is 11.8. The maximum Gasteiger partial charge on any atom is 0.248 e. The number of carbonyl (C=O) groups is 1. The number of allylic oxidation sites excluding steroid dienone is 1. The number of benzene rings is 2. The van der Waals surface area contributed by atoms with Gasteiger partial charge in [-0.15, -0.1) is 0 Å². The van der Waals surface area contributed by atoms with Gasteiger partial charge in [-0.25, -0.2) is 4.98 Å². The van der Waals surface area contributed by atoms with E-state index in [1.54, 1.807) is 26.3 Å². The van der Waals surface area contributed by atoms with Crippen LogP contribution in [0.2, 0.25) is 0 Å². The molecule has 2 aromatic heterocycles. The van der Waals surface area contributed by atoms with Gasteiger partial charge in [0.1, 0.15) is 6.61 Å². The van der Waals surface area contributed by atoms with E-state index in [1.807, 2.05) is 54.6 Å². The van der Waals surface area contributed by atoms with E-state index in [2.05, 4.69) is 20.6 Å². The van der Waals surface area contributed by atoms with Gasteiger partial charge < -0.3 is 20.1 Å². The van der Waals surface area contributed by atoms with Gasteiger partial charge in [-0.05, 0) is 55.5 Å². The summed E-state index contributed by atoms with van der Waals surface area (Å²) in [5.41, 5.74) is 3.25. The van der Waals surface area contributed by atoms with Crippen LogP contribution in [0, 0.1) is 0 Å². The average Bonchev–Trinajstić information content (AvgIpc) is 3.20. The highest BCUT2D eigenvalue weighted by Gasteiger charge is 2.10. The largest absolute Gasteiger partial charge is 0.493 e. The number of thiazole rings is 1. The van der Waals surface area contributed by atoms with Crippen LogP contribution < -0.4 is 20.1 Å². The van der Waals surface area contributed by atoms with Crippen LogP contribution in [0.25, 0.3) is 10.2 Å². The number of methoxy groups -OCH3 is 1. The first-order valence-electron chi connectivity index (χ1n) is 9.96. The van der Waals surface area contributed by atoms with Crippen LogP contribution in [0.5, 0.6) is 11.5 Å². The SMILES string of the molecule is CC=CC(=O)Nc1ccc2nc(Nc3ccc(OCc4ccccn4)c(OC)c3)sc2c1. The van der Waals surface area contributed by atoms with Gasteiger partial charge in [0.25, 0.3) is 0 Å². The van der Waals surface area contributed by atoms with Gasteiger partial charge in [0.2, 0.25) is 5.91 Å². The molecule has 0 atom stereocenters. The number of hydrogen-bond acceptors (Lipinski definition) is 7. The van der Waals surface area contributed by atoms with E-state index in [-0.39, 0.29) is 5.91 Å². The number of aromatic nitrogens is 2. The lowest BCUT2D eigenvalue weighted by molar-refractivity contribution is -0.111. The Morgan fingerprint density at radius 1 is 1.09 bits per heavy atom. The van der Waals surface area contributed by atoms with Crippen molar-refractivity contribution in [3.8, 4) is 11.5 Å². The number of amides is 1. The van der Waals surface area contributed by atoms with Gasteiger partial charge in [0.05, 0.1) is 23.0 Å². The number of carbonyl (C=O) groups excluding carboxylic acids is 1. The molecule has 8 heteroatoms.